The first-order valence-corrected chi connectivity index (χ1v) is 14.1. The Morgan fingerprint density at radius 2 is 1.95 bits per heavy atom. The highest BCUT2D eigenvalue weighted by molar-refractivity contribution is 5.97. The first-order valence-electron chi connectivity index (χ1n) is 14.1. The number of amides is 1. The lowest BCUT2D eigenvalue weighted by Crippen LogP contribution is -2.62. The standard InChI is InChI=1S/C32H31F2N5O4/c1-6-24(41)37-14-19-15-43-30-29(38(19)13-18(37)5)20-12-22(34)27(25-21(33)8-7-9-23(25)40)36-31(20)39(32(30)42)28-17(4)10-11-35-26(28)16(2)3/h6-12,16,18-19,40H,1,13-15H2,2-5H3. The fraction of sp³-hybridized carbons (Fsp3) is 0.312. The van der Waals surface area contributed by atoms with Crippen molar-refractivity contribution in [2.75, 3.05) is 24.6 Å². The minimum Gasteiger partial charge on any atom is -0.507 e. The first-order chi connectivity index (χ1) is 20.5. The minimum absolute atomic E-state index is 0.0279. The number of aryl methyl sites for hydroxylation is 1. The number of hydrogen-bond donors (Lipinski definition) is 1. The molecule has 0 saturated carbocycles. The summed E-state index contributed by atoms with van der Waals surface area (Å²) in [5.74, 6) is -2.52. The highest BCUT2D eigenvalue weighted by atomic mass is 19.1. The predicted molar refractivity (Wildman–Crippen MR) is 159 cm³/mol. The molecule has 1 amide bonds. The van der Waals surface area contributed by atoms with E-state index in [1.165, 1.54) is 28.8 Å². The molecule has 222 valence electrons. The molecule has 1 saturated heterocycles. The van der Waals surface area contributed by atoms with Crippen LogP contribution in [0.15, 0.2) is 54.0 Å². The summed E-state index contributed by atoms with van der Waals surface area (Å²) in [5, 5.41) is 10.8. The van der Waals surface area contributed by atoms with Crippen molar-refractivity contribution in [1.29, 1.82) is 0 Å². The van der Waals surface area contributed by atoms with Crippen LogP contribution in [0, 0.1) is 18.6 Å². The zero-order valence-electron chi connectivity index (χ0n) is 24.3. The first kappa shape index (κ1) is 28.3. The van der Waals surface area contributed by atoms with Gasteiger partial charge in [0.1, 0.15) is 23.9 Å². The van der Waals surface area contributed by atoms with Crippen molar-refractivity contribution in [3.05, 3.63) is 82.4 Å². The SMILES string of the molecule is C=CC(=O)N1CC2COc3c(c4cc(F)c(-c5c(O)cccc5F)nc4n(-c4c(C)ccnc4C(C)C)c3=O)N2CC1C. The van der Waals surface area contributed by atoms with Crippen LogP contribution in [0.4, 0.5) is 14.5 Å². The van der Waals surface area contributed by atoms with Gasteiger partial charge in [-0.15, -0.1) is 0 Å². The van der Waals surface area contributed by atoms with E-state index in [9.17, 15) is 14.7 Å². The van der Waals surface area contributed by atoms with Gasteiger partial charge >= 0.3 is 5.56 Å². The number of anilines is 1. The summed E-state index contributed by atoms with van der Waals surface area (Å²) in [4.78, 5) is 39.8. The summed E-state index contributed by atoms with van der Waals surface area (Å²) >= 11 is 0. The van der Waals surface area contributed by atoms with Gasteiger partial charge in [0.25, 0.3) is 0 Å². The number of carbonyl (C=O) groups is 1. The fourth-order valence-corrected chi connectivity index (χ4v) is 6.13. The van der Waals surface area contributed by atoms with Gasteiger partial charge in [0.15, 0.2) is 11.5 Å². The number of phenolic OH excluding ortho intramolecular Hbond substituents is 1. The number of carbonyl (C=O) groups excluding carboxylic acids is 1. The Bertz CT molecular complexity index is 1850. The van der Waals surface area contributed by atoms with Crippen LogP contribution in [0.5, 0.6) is 11.5 Å². The number of benzene rings is 1. The van der Waals surface area contributed by atoms with E-state index in [1.54, 1.807) is 17.2 Å². The monoisotopic (exact) mass is 587 g/mol. The van der Waals surface area contributed by atoms with E-state index in [4.69, 9.17) is 4.74 Å². The number of fused-ring (bicyclic) bond motifs is 5. The van der Waals surface area contributed by atoms with Crippen LogP contribution >= 0.6 is 0 Å². The summed E-state index contributed by atoms with van der Waals surface area (Å²) in [6, 6.07) is 6.06. The molecule has 1 aromatic carbocycles. The van der Waals surface area contributed by atoms with Crippen molar-refractivity contribution < 1.29 is 23.4 Å². The topological polar surface area (TPSA) is 101 Å². The lowest BCUT2D eigenvalue weighted by molar-refractivity contribution is -0.129. The number of aromatic hydroxyl groups is 1. The van der Waals surface area contributed by atoms with Crippen molar-refractivity contribution in [2.45, 2.75) is 45.7 Å². The lowest BCUT2D eigenvalue weighted by atomic mass is 10.0. The molecular weight excluding hydrogens is 556 g/mol. The zero-order valence-corrected chi connectivity index (χ0v) is 24.3. The van der Waals surface area contributed by atoms with Gasteiger partial charge in [-0.25, -0.2) is 13.8 Å². The average Bonchev–Trinajstić information content (AvgIpc) is 2.97. The number of piperazine rings is 1. The van der Waals surface area contributed by atoms with Crippen LogP contribution in [-0.4, -0.2) is 62.2 Å². The quantitative estimate of drug-likeness (QED) is 0.341. The summed E-state index contributed by atoms with van der Waals surface area (Å²) in [7, 11) is 0. The maximum Gasteiger partial charge on any atom is 0.301 e. The Balaban J connectivity index is 1.70. The molecule has 0 radical (unpaired) electrons. The van der Waals surface area contributed by atoms with Gasteiger partial charge in [0.2, 0.25) is 11.7 Å². The summed E-state index contributed by atoms with van der Waals surface area (Å²) in [6.45, 7) is 12.0. The van der Waals surface area contributed by atoms with Gasteiger partial charge in [-0.05, 0) is 55.7 Å². The van der Waals surface area contributed by atoms with Crippen molar-refractivity contribution in [1.82, 2.24) is 19.4 Å². The third kappa shape index (κ3) is 4.41. The second kappa shape index (κ2) is 10.5. The number of phenols is 1. The molecule has 0 spiro atoms. The zero-order chi connectivity index (χ0) is 30.7. The van der Waals surface area contributed by atoms with E-state index in [0.29, 0.717) is 30.2 Å². The number of halogens is 2. The third-order valence-electron chi connectivity index (χ3n) is 8.19. The molecule has 0 aliphatic carbocycles. The van der Waals surface area contributed by atoms with E-state index < -0.39 is 34.2 Å². The van der Waals surface area contributed by atoms with Crippen molar-refractivity contribution in [3.8, 4) is 28.4 Å². The molecule has 9 nitrogen and oxygen atoms in total. The Morgan fingerprint density at radius 1 is 1.19 bits per heavy atom. The predicted octanol–water partition coefficient (Wildman–Crippen LogP) is 4.85. The fourth-order valence-electron chi connectivity index (χ4n) is 6.13. The van der Waals surface area contributed by atoms with Crippen LogP contribution in [-0.2, 0) is 4.79 Å². The molecule has 1 N–H and O–H groups in total. The average molecular weight is 588 g/mol. The number of hydrogen-bond acceptors (Lipinski definition) is 7. The van der Waals surface area contributed by atoms with E-state index >= 15 is 8.78 Å². The molecule has 4 aromatic rings. The molecule has 43 heavy (non-hydrogen) atoms. The maximum absolute atomic E-state index is 16.0. The Morgan fingerprint density at radius 3 is 2.65 bits per heavy atom. The van der Waals surface area contributed by atoms with E-state index in [0.717, 1.165) is 11.6 Å². The van der Waals surface area contributed by atoms with Gasteiger partial charge in [-0.3, -0.25) is 19.1 Å². The number of aromatic nitrogens is 3. The van der Waals surface area contributed by atoms with E-state index in [-0.39, 0.29) is 47.3 Å². The second-order valence-corrected chi connectivity index (χ2v) is 11.3. The normalized spacial score (nSPS) is 17.9. The number of rotatable bonds is 4. The summed E-state index contributed by atoms with van der Waals surface area (Å²) < 4.78 is 38.5. The molecule has 2 atom stereocenters. The summed E-state index contributed by atoms with van der Waals surface area (Å²) in [5.41, 5.74) is 0.844. The third-order valence-corrected chi connectivity index (χ3v) is 8.19. The Labute approximate surface area is 246 Å². The summed E-state index contributed by atoms with van der Waals surface area (Å²) in [6.07, 6.45) is 2.92. The number of nitrogens with zero attached hydrogens (tertiary/aromatic N) is 5. The van der Waals surface area contributed by atoms with Crippen LogP contribution in [0.1, 0.15) is 37.9 Å². The molecule has 0 bridgehead atoms. The van der Waals surface area contributed by atoms with Crippen LogP contribution in [0.2, 0.25) is 0 Å². The molecule has 2 unspecified atom stereocenters. The van der Waals surface area contributed by atoms with Gasteiger partial charge in [-0.2, -0.15) is 0 Å². The molecular formula is C32H31F2N5O4. The molecule has 2 aliphatic rings. The minimum atomic E-state index is -0.886. The van der Waals surface area contributed by atoms with Crippen LogP contribution in [0.3, 0.4) is 0 Å². The molecule has 6 rings (SSSR count). The van der Waals surface area contributed by atoms with Gasteiger partial charge in [-0.1, -0.05) is 26.5 Å². The Hall–Kier alpha value is -4.80. The van der Waals surface area contributed by atoms with Crippen LogP contribution < -0.4 is 15.2 Å². The van der Waals surface area contributed by atoms with Crippen molar-refractivity contribution in [2.24, 2.45) is 0 Å². The van der Waals surface area contributed by atoms with Gasteiger partial charge in [0.05, 0.1) is 28.7 Å². The molecule has 5 heterocycles. The highest BCUT2D eigenvalue weighted by Gasteiger charge is 2.41. The van der Waals surface area contributed by atoms with E-state index in [2.05, 4.69) is 16.5 Å². The number of pyridine rings is 3. The largest absolute Gasteiger partial charge is 0.507 e. The van der Waals surface area contributed by atoms with Crippen molar-refractivity contribution in [3.63, 3.8) is 0 Å². The molecule has 3 aromatic heterocycles. The van der Waals surface area contributed by atoms with Gasteiger partial charge < -0.3 is 19.6 Å². The second-order valence-electron chi connectivity index (χ2n) is 11.3. The molecule has 11 heteroatoms. The van der Waals surface area contributed by atoms with Crippen molar-refractivity contribution >= 4 is 22.6 Å². The maximum atomic E-state index is 16.0. The molecule has 2 aliphatic heterocycles. The Kier molecular flexibility index (Phi) is 6.90. The number of ether oxygens (including phenoxy) is 1. The lowest BCUT2D eigenvalue weighted by Gasteiger charge is -2.48. The van der Waals surface area contributed by atoms with Gasteiger partial charge in [0, 0.05) is 30.7 Å². The smallest absolute Gasteiger partial charge is 0.301 e. The molecule has 1 fully saturated rings. The van der Waals surface area contributed by atoms with Crippen LogP contribution in [0.25, 0.3) is 28.0 Å². The van der Waals surface area contributed by atoms with E-state index in [1.807, 2.05) is 32.6 Å². The highest BCUT2D eigenvalue weighted by Crippen LogP contribution is 2.43.